The summed E-state index contributed by atoms with van der Waals surface area (Å²) in [6.07, 6.45) is 0. The molecule has 0 aliphatic heterocycles. The van der Waals surface area contributed by atoms with Crippen LogP contribution in [0.1, 0.15) is 10.5 Å². The van der Waals surface area contributed by atoms with Gasteiger partial charge in [0.15, 0.2) is 10.8 Å². The highest BCUT2D eigenvalue weighted by Crippen LogP contribution is 2.21. The average Bonchev–Trinajstić information content (AvgIpc) is 2.10. The lowest BCUT2D eigenvalue weighted by Crippen LogP contribution is -2.09. The SMILES string of the molecule is COC(=O)c1nc(Cl)c(N)cc1N. The van der Waals surface area contributed by atoms with E-state index in [1.807, 2.05) is 0 Å². The van der Waals surface area contributed by atoms with Crippen LogP contribution in [-0.4, -0.2) is 18.1 Å². The number of anilines is 2. The molecule has 6 heteroatoms. The monoisotopic (exact) mass is 201 g/mol. The maximum atomic E-state index is 11.0. The Morgan fingerprint density at radius 2 is 2.15 bits per heavy atom. The molecule has 0 bridgehead atoms. The van der Waals surface area contributed by atoms with E-state index in [1.54, 1.807) is 0 Å². The number of aromatic nitrogens is 1. The van der Waals surface area contributed by atoms with Gasteiger partial charge in [-0.3, -0.25) is 0 Å². The molecule has 0 saturated heterocycles. The van der Waals surface area contributed by atoms with Crippen LogP contribution in [0.3, 0.4) is 0 Å². The Hall–Kier alpha value is -1.49. The van der Waals surface area contributed by atoms with E-state index in [9.17, 15) is 4.79 Å². The minimum absolute atomic E-state index is 0.0262. The zero-order chi connectivity index (χ0) is 10.0. The fraction of sp³-hybridized carbons (Fsp3) is 0.143. The molecule has 0 amide bonds. The summed E-state index contributed by atoms with van der Waals surface area (Å²) in [6, 6.07) is 1.36. The Balaban J connectivity index is 3.23. The number of methoxy groups -OCH3 is 1. The van der Waals surface area contributed by atoms with Crippen LogP contribution in [-0.2, 0) is 4.74 Å². The summed E-state index contributed by atoms with van der Waals surface area (Å²) >= 11 is 5.59. The molecule has 4 N–H and O–H groups in total. The lowest BCUT2D eigenvalue weighted by atomic mass is 10.3. The number of nitrogen functional groups attached to an aromatic ring is 2. The zero-order valence-electron chi connectivity index (χ0n) is 6.87. The van der Waals surface area contributed by atoms with Gasteiger partial charge in [-0.05, 0) is 6.07 Å². The van der Waals surface area contributed by atoms with Crippen LogP contribution in [0, 0.1) is 0 Å². The summed E-state index contributed by atoms with van der Waals surface area (Å²) in [6.45, 7) is 0. The number of hydrogen-bond donors (Lipinski definition) is 2. The molecule has 0 radical (unpaired) electrons. The highest BCUT2D eigenvalue weighted by molar-refractivity contribution is 6.32. The Kier molecular flexibility index (Phi) is 2.57. The van der Waals surface area contributed by atoms with Gasteiger partial charge in [-0.1, -0.05) is 11.6 Å². The first kappa shape index (κ1) is 9.60. The lowest BCUT2D eigenvalue weighted by Gasteiger charge is -2.04. The third kappa shape index (κ3) is 1.81. The number of esters is 1. The van der Waals surface area contributed by atoms with Crippen LogP contribution in [0.5, 0.6) is 0 Å². The first-order valence-electron chi connectivity index (χ1n) is 3.36. The predicted octanol–water partition coefficient (Wildman–Crippen LogP) is 0.686. The molecular weight excluding hydrogens is 194 g/mol. The number of ether oxygens (including phenoxy) is 1. The maximum absolute atomic E-state index is 11.0. The van der Waals surface area contributed by atoms with Crippen LogP contribution in [0.2, 0.25) is 5.15 Å². The Morgan fingerprint density at radius 1 is 1.54 bits per heavy atom. The highest BCUT2D eigenvalue weighted by Gasteiger charge is 2.14. The first-order chi connectivity index (χ1) is 6.06. The standard InChI is InChI=1S/C7H8ClN3O2/c1-13-7(12)5-3(9)2-4(10)6(8)11-5/h2H,9-10H2,1H3. The average molecular weight is 202 g/mol. The van der Waals surface area contributed by atoms with Crippen molar-refractivity contribution in [1.29, 1.82) is 0 Å². The Labute approximate surface area is 79.6 Å². The van der Waals surface area contributed by atoms with Gasteiger partial charge in [0.2, 0.25) is 0 Å². The van der Waals surface area contributed by atoms with Crippen molar-refractivity contribution < 1.29 is 9.53 Å². The molecule has 0 aliphatic carbocycles. The number of hydrogen-bond acceptors (Lipinski definition) is 5. The second-order valence-corrected chi connectivity index (χ2v) is 2.66. The third-order valence-electron chi connectivity index (χ3n) is 1.41. The van der Waals surface area contributed by atoms with Crippen molar-refractivity contribution >= 4 is 28.9 Å². The van der Waals surface area contributed by atoms with E-state index in [1.165, 1.54) is 13.2 Å². The van der Waals surface area contributed by atoms with E-state index >= 15 is 0 Å². The molecule has 1 aromatic rings. The van der Waals surface area contributed by atoms with Crippen LogP contribution < -0.4 is 11.5 Å². The first-order valence-corrected chi connectivity index (χ1v) is 3.74. The van der Waals surface area contributed by atoms with Crippen molar-refractivity contribution in [3.05, 3.63) is 16.9 Å². The molecule has 0 unspecified atom stereocenters. The van der Waals surface area contributed by atoms with Gasteiger partial charge in [-0.15, -0.1) is 0 Å². The largest absolute Gasteiger partial charge is 0.464 e. The van der Waals surface area contributed by atoms with E-state index < -0.39 is 5.97 Å². The van der Waals surface area contributed by atoms with Gasteiger partial charge < -0.3 is 16.2 Å². The molecule has 5 nitrogen and oxygen atoms in total. The highest BCUT2D eigenvalue weighted by atomic mass is 35.5. The van der Waals surface area contributed by atoms with Gasteiger partial charge in [-0.2, -0.15) is 0 Å². The molecule has 0 spiro atoms. The van der Waals surface area contributed by atoms with Crippen molar-refractivity contribution in [3.63, 3.8) is 0 Å². The number of carbonyl (C=O) groups is 1. The lowest BCUT2D eigenvalue weighted by molar-refractivity contribution is 0.0595. The van der Waals surface area contributed by atoms with Gasteiger partial charge in [0.1, 0.15) is 0 Å². The minimum Gasteiger partial charge on any atom is -0.464 e. The number of pyridine rings is 1. The van der Waals surface area contributed by atoms with E-state index in [0.29, 0.717) is 0 Å². The summed E-state index contributed by atoms with van der Waals surface area (Å²) in [7, 11) is 1.23. The number of rotatable bonds is 1. The van der Waals surface area contributed by atoms with E-state index in [0.717, 1.165) is 0 Å². The van der Waals surface area contributed by atoms with Gasteiger partial charge in [0, 0.05) is 0 Å². The predicted molar refractivity (Wildman–Crippen MR) is 49.4 cm³/mol. The van der Waals surface area contributed by atoms with Crippen LogP contribution in [0.15, 0.2) is 6.07 Å². The fourth-order valence-corrected chi connectivity index (χ4v) is 0.922. The van der Waals surface area contributed by atoms with Crippen molar-refractivity contribution in [2.45, 2.75) is 0 Å². The number of halogens is 1. The fourth-order valence-electron chi connectivity index (χ4n) is 0.783. The molecule has 0 aromatic carbocycles. The second-order valence-electron chi connectivity index (χ2n) is 2.30. The normalized spacial score (nSPS) is 9.69. The summed E-state index contributed by atoms with van der Waals surface area (Å²) in [5, 5.41) is 0.0367. The maximum Gasteiger partial charge on any atom is 0.358 e. The Bertz CT molecular complexity index is 354. The van der Waals surface area contributed by atoms with Crippen molar-refractivity contribution in [2.75, 3.05) is 18.6 Å². The number of nitrogens with zero attached hydrogens (tertiary/aromatic N) is 1. The molecule has 0 fully saturated rings. The third-order valence-corrected chi connectivity index (χ3v) is 1.71. The molecule has 1 rings (SSSR count). The molecule has 13 heavy (non-hydrogen) atoms. The van der Waals surface area contributed by atoms with Crippen molar-refractivity contribution in [3.8, 4) is 0 Å². The van der Waals surface area contributed by atoms with E-state index in [4.69, 9.17) is 23.1 Å². The quantitative estimate of drug-likeness (QED) is 0.515. The second kappa shape index (κ2) is 3.49. The molecule has 70 valence electrons. The summed E-state index contributed by atoms with van der Waals surface area (Å²) < 4.78 is 4.43. The van der Waals surface area contributed by atoms with Crippen molar-refractivity contribution in [1.82, 2.24) is 4.98 Å². The number of carbonyl (C=O) groups excluding carboxylic acids is 1. The van der Waals surface area contributed by atoms with Crippen LogP contribution >= 0.6 is 11.6 Å². The topological polar surface area (TPSA) is 91.2 Å². The Morgan fingerprint density at radius 3 is 2.69 bits per heavy atom. The summed E-state index contributed by atoms with van der Waals surface area (Å²) in [5.74, 6) is -0.639. The molecule has 1 heterocycles. The van der Waals surface area contributed by atoms with Crippen molar-refractivity contribution in [2.24, 2.45) is 0 Å². The molecule has 1 aromatic heterocycles. The van der Waals surface area contributed by atoms with E-state index in [-0.39, 0.29) is 22.2 Å². The molecule has 0 aliphatic rings. The molecule has 0 atom stereocenters. The van der Waals surface area contributed by atoms with Gasteiger partial charge in [-0.25, -0.2) is 9.78 Å². The van der Waals surface area contributed by atoms with Gasteiger partial charge in [0.05, 0.1) is 18.5 Å². The van der Waals surface area contributed by atoms with E-state index in [2.05, 4.69) is 9.72 Å². The molecule has 0 saturated carbocycles. The van der Waals surface area contributed by atoms with Crippen LogP contribution in [0.4, 0.5) is 11.4 Å². The van der Waals surface area contributed by atoms with Gasteiger partial charge >= 0.3 is 5.97 Å². The zero-order valence-corrected chi connectivity index (χ0v) is 7.63. The van der Waals surface area contributed by atoms with Crippen LogP contribution in [0.25, 0.3) is 0 Å². The summed E-state index contributed by atoms with van der Waals surface area (Å²) in [5.41, 5.74) is 11.2. The summed E-state index contributed by atoms with van der Waals surface area (Å²) in [4.78, 5) is 14.7. The number of nitrogens with two attached hydrogens (primary N) is 2. The molecular formula is C7H8ClN3O2. The minimum atomic E-state index is -0.639. The van der Waals surface area contributed by atoms with Gasteiger partial charge in [0.25, 0.3) is 0 Å². The smallest absolute Gasteiger partial charge is 0.358 e.